The van der Waals surface area contributed by atoms with Gasteiger partial charge < -0.3 is 20.1 Å². The Kier molecular flexibility index (Phi) is 3.47. The number of aliphatic carboxylic acids is 1. The van der Waals surface area contributed by atoms with Gasteiger partial charge in [0.15, 0.2) is 0 Å². The zero-order chi connectivity index (χ0) is 15.9. The number of fused-ring (bicyclic) bond motifs is 1. The van der Waals surface area contributed by atoms with Crippen molar-refractivity contribution in [3.63, 3.8) is 0 Å². The number of carboxylic acids is 1. The van der Waals surface area contributed by atoms with E-state index in [4.69, 9.17) is 9.84 Å². The molecule has 118 valence electrons. The maximum Gasteiger partial charge on any atom is 0.321 e. The van der Waals surface area contributed by atoms with Crippen LogP contribution in [0, 0.1) is 5.92 Å². The number of nitrogens with zero attached hydrogens (tertiary/aromatic N) is 1. The van der Waals surface area contributed by atoms with E-state index in [9.17, 15) is 9.59 Å². The van der Waals surface area contributed by atoms with E-state index in [2.05, 4.69) is 5.32 Å². The Morgan fingerprint density at radius 3 is 2.86 bits per heavy atom. The van der Waals surface area contributed by atoms with Crippen LogP contribution in [0.25, 0.3) is 0 Å². The fraction of sp³-hybridized carbons (Fsp3) is 0.500. The second-order valence-corrected chi connectivity index (χ2v) is 6.56. The lowest BCUT2D eigenvalue weighted by molar-refractivity contribution is -0.141. The highest BCUT2D eigenvalue weighted by molar-refractivity contribution is 5.90. The van der Waals surface area contributed by atoms with Crippen molar-refractivity contribution in [2.75, 3.05) is 18.4 Å². The maximum atomic E-state index is 12.2. The highest BCUT2D eigenvalue weighted by Gasteiger charge is 2.32. The molecule has 0 aromatic heterocycles. The Labute approximate surface area is 129 Å². The molecule has 1 unspecified atom stereocenters. The van der Waals surface area contributed by atoms with Crippen molar-refractivity contribution < 1.29 is 19.4 Å². The fourth-order valence-corrected chi connectivity index (χ4v) is 3.04. The van der Waals surface area contributed by atoms with E-state index < -0.39 is 11.9 Å². The van der Waals surface area contributed by atoms with Gasteiger partial charge in [-0.25, -0.2) is 4.79 Å². The fourth-order valence-electron chi connectivity index (χ4n) is 3.04. The lowest BCUT2D eigenvalue weighted by Crippen LogP contribution is -2.33. The number of benzene rings is 1. The topological polar surface area (TPSA) is 78.9 Å². The first-order chi connectivity index (χ1) is 10.3. The summed E-state index contributed by atoms with van der Waals surface area (Å²) in [5, 5.41) is 11.8. The van der Waals surface area contributed by atoms with Gasteiger partial charge >= 0.3 is 12.0 Å². The molecule has 1 atom stereocenters. The molecule has 6 heteroatoms. The van der Waals surface area contributed by atoms with Gasteiger partial charge in [0.2, 0.25) is 0 Å². The number of rotatable bonds is 2. The molecule has 22 heavy (non-hydrogen) atoms. The van der Waals surface area contributed by atoms with Gasteiger partial charge in [-0.05, 0) is 38.5 Å². The summed E-state index contributed by atoms with van der Waals surface area (Å²) in [5.74, 6) is -0.442. The molecule has 0 radical (unpaired) electrons. The number of nitrogens with one attached hydrogen (secondary N) is 1. The SMILES string of the molecule is CC1(C)Cc2cc(NC(=O)N3CCC(C(=O)O)C3)ccc2O1. The van der Waals surface area contributed by atoms with Crippen LogP contribution in [0.15, 0.2) is 18.2 Å². The second-order valence-electron chi connectivity index (χ2n) is 6.56. The minimum absolute atomic E-state index is 0.214. The normalized spacial score (nSPS) is 22.1. The number of anilines is 1. The Morgan fingerprint density at radius 2 is 2.18 bits per heavy atom. The van der Waals surface area contributed by atoms with Crippen molar-refractivity contribution in [3.8, 4) is 5.75 Å². The molecule has 0 saturated carbocycles. The molecule has 2 heterocycles. The monoisotopic (exact) mass is 304 g/mol. The molecule has 3 rings (SSSR count). The molecule has 0 bridgehead atoms. The molecule has 2 aliphatic rings. The van der Waals surface area contributed by atoms with Crippen molar-refractivity contribution in [2.45, 2.75) is 32.3 Å². The zero-order valence-electron chi connectivity index (χ0n) is 12.8. The third kappa shape index (κ3) is 2.86. The lowest BCUT2D eigenvalue weighted by atomic mass is 10.0. The van der Waals surface area contributed by atoms with Gasteiger partial charge in [-0.1, -0.05) is 0 Å². The lowest BCUT2D eigenvalue weighted by Gasteiger charge is -2.17. The molecule has 2 aliphatic heterocycles. The minimum Gasteiger partial charge on any atom is -0.487 e. The first-order valence-electron chi connectivity index (χ1n) is 7.45. The molecule has 0 spiro atoms. The zero-order valence-corrected chi connectivity index (χ0v) is 12.8. The molecule has 1 aromatic carbocycles. The standard InChI is InChI=1S/C16H20N2O4/c1-16(2)8-11-7-12(3-4-13(11)22-16)17-15(21)18-6-5-10(9-18)14(19)20/h3-4,7,10H,5-6,8-9H2,1-2H3,(H,17,21)(H,19,20). The van der Waals surface area contributed by atoms with Crippen molar-refractivity contribution in [1.29, 1.82) is 0 Å². The van der Waals surface area contributed by atoms with Crippen molar-refractivity contribution in [2.24, 2.45) is 5.92 Å². The van der Waals surface area contributed by atoms with Gasteiger partial charge in [0.25, 0.3) is 0 Å². The highest BCUT2D eigenvalue weighted by Crippen LogP contribution is 2.36. The Bertz CT molecular complexity index is 627. The summed E-state index contributed by atoms with van der Waals surface area (Å²) in [7, 11) is 0. The summed E-state index contributed by atoms with van der Waals surface area (Å²) in [5.41, 5.74) is 1.57. The van der Waals surface area contributed by atoms with E-state index in [1.807, 2.05) is 32.0 Å². The number of likely N-dealkylation sites (tertiary alicyclic amines) is 1. The summed E-state index contributed by atoms with van der Waals surface area (Å²) in [6, 6.07) is 5.35. The number of carbonyl (C=O) groups is 2. The molecule has 0 aliphatic carbocycles. The van der Waals surface area contributed by atoms with Crippen molar-refractivity contribution in [3.05, 3.63) is 23.8 Å². The van der Waals surface area contributed by atoms with Crippen LogP contribution in [-0.2, 0) is 11.2 Å². The minimum atomic E-state index is -0.841. The molecule has 1 aromatic rings. The number of urea groups is 1. The summed E-state index contributed by atoms with van der Waals surface area (Å²) in [6.07, 6.45) is 1.31. The average Bonchev–Trinajstić information content (AvgIpc) is 3.00. The number of carbonyl (C=O) groups excluding carboxylic acids is 1. The summed E-state index contributed by atoms with van der Waals surface area (Å²) in [6.45, 7) is 4.80. The van der Waals surface area contributed by atoms with Crippen LogP contribution in [0.4, 0.5) is 10.5 Å². The van der Waals surface area contributed by atoms with Crippen LogP contribution in [0.5, 0.6) is 5.75 Å². The third-order valence-electron chi connectivity index (χ3n) is 4.14. The van der Waals surface area contributed by atoms with Crippen LogP contribution in [0.3, 0.4) is 0 Å². The predicted octanol–water partition coefficient (Wildman–Crippen LogP) is 2.34. The van der Waals surface area contributed by atoms with Crippen molar-refractivity contribution >= 4 is 17.7 Å². The van der Waals surface area contributed by atoms with Gasteiger partial charge in [0, 0.05) is 30.8 Å². The second kappa shape index (κ2) is 5.19. The summed E-state index contributed by atoms with van der Waals surface area (Å²) < 4.78 is 5.81. The molecule has 2 N–H and O–H groups in total. The summed E-state index contributed by atoms with van der Waals surface area (Å²) >= 11 is 0. The Balaban J connectivity index is 1.65. The molecule has 2 amide bonds. The van der Waals surface area contributed by atoms with Gasteiger partial charge in [0.1, 0.15) is 11.4 Å². The smallest absolute Gasteiger partial charge is 0.321 e. The number of carboxylic acid groups (broad SMARTS) is 1. The largest absolute Gasteiger partial charge is 0.487 e. The molecule has 1 saturated heterocycles. The first-order valence-corrected chi connectivity index (χ1v) is 7.45. The van der Waals surface area contributed by atoms with Crippen LogP contribution in [0.1, 0.15) is 25.8 Å². The Morgan fingerprint density at radius 1 is 1.41 bits per heavy atom. The number of ether oxygens (including phenoxy) is 1. The first kappa shape index (κ1) is 14.7. The molecular weight excluding hydrogens is 284 g/mol. The molecular formula is C16H20N2O4. The van der Waals surface area contributed by atoms with Crippen LogP contribution in [0.2, 0.25) is 0 Å². The van der Waals surface area contributed by atoms with E-state index >= 15 is 0 Å². The summed E-state index contributed by atoms with van der Waals surface area (Å²) in [4.78, 5) is 24.7. The average molecular weight is 304 g/mol. The van der Waals surface area contributed by atoms with E-state index in [1.54, 1.807) is 4.90 Å². The molecule has 1 fully saturated rings. The van der Waals surface area contributed by atoms with E-state index in [0.29, 0.717) is 18.7 Å². The number of amides is 2. The van der Waals surface area contributed by atoms with Crippen molar-refractivity contribution in [1.82, 2.24) is 4.90 Å². The van der Waals surface area contributed by atoms with Gasteiger partial charge in [-0.15, -0.1) is 0 Å². The number of hydrogen-bond acceptors (Lipinski definition) is 3. The van der Waals surface area contributed by atoms with E-state index in [0.717, 1.165) is 17.7 Å². The maximum absolute atomic E-state index is 12.2. The van der Waals surface area contributed by atoms with Crippen LogP contribution < -0.4 is 10.1 Å². The highest BCUT2D eigenvalue weighted by atomic mass is 16.5. The molecule has 6 nitrogen and oxygen atoms in total. The van der Waals surface area contributed by atoms with Crippen LogP contribution >= 0.6 is 0 Å². The third-order valence-corrected chi connectivity index (χ3v) is 4.14. The number of hydrogen-bond donors (Lipinski definition) is 2. The predicted molar refractivity (Wildman–Crippen MR) is 81.2 cm³/mol. The van der Waals surface area contributed by atoms with Gasteiger partial charge in [-0.3, -0.25) is 4.79 Å². The quantitative estimate of drug-likeness (QED) is 0.879. The Hall–Kier alpha value is -2.24. The van der Waals surface area contributed by atoms with E-state index in [1.165, 1.54) is 0 Å². The van der Waals surface area contributed by atoms with Gasteiger partial charge in [0.05, 0.1) is 5.92 Å². The van der Waals surface area contributed by atoms with Crippen LogP contribution in [-0.4, -0.2) is 40.7 Å². The van der Waals surface area contributed by atoms with E-state index in [-0.39, 0.29) is 18.2 Å². The van der Waals surface area contributed by atoms with Gasteiger partial charge in [-0.2, -0.15) is 0 Å².